The van der Waals surface area contributed by atoms with Gasteiger partial charge in [0, 0.05) is 18.2 Å². The van der Waals surface area contributed by atoms with Crippen LogP contribution in [0.2, 0.25) is 0 Å². The summed E-state index contributed by atoms with van der Waals surface area (Å²) >= 11 is 0. The van der Waals surface area contributed by atoms with E-state index in [0.29, 0.717) is 6.04 Å². The Labute approximate surface area is 93.9 Å². The average Bonchev–Trinajstić information content (AvgIpc) is 2.40. The molecular formula is C12H18NOP. The fourth-order valence-electron chi connectivity index (χ4n) is 1.97. The SMILES string of the molecule is CCCC1COc2ccccc2CN1P. The summed E-state index contributed by atoms with van der Waals surface area (Å²) in [6, 6.07) is 8.82. The number of hydrogen-bond donors (Lipinski definition) is 0. The summed E-state index contributed by atoms with van der Waals surface area (Å²) in [5, 5.41) is 0. The highest BCUT2D eigenvalue weighted by atomic mass is 31.0. The van der Waals surface area contributed by atoms with E-state index >= 15 is 0 Å². The molecule has 15 heavy (non-hydrogen) atoms. The number of hydrogen-bond acceptors (Lipinski definition) is 2. The highest BCUT2D eigenvalue weighted by Crippen LogP contribution is 2.27. The first-order valence-corrected chi connectivity index (χ1v) is 6.05. The molecule has 1 aliphatic heterocycles. The normalized spacial score (nSPS) is 21.6. The van der Waals surface area contributed by atoms with Crippen molar-refractivity contribution >= 4 is 9.39 Å². The Balaban J connectivity index is 2.15. The Bertz CT molecular complexity index is 329. The van der Waals surface area contributed by atoms with E-state index in [4.69, 9.17) is 4.74 Å². The molecule has 1 aromatic carbocycles. The maximum atomic E-state index is 5.83. The largest absolute Gasteiger partial charge is 0.492 e. The Kier molecular flexibility index (Phi) is 3.61. The van der Waals surface area contributed by atoms with Crippen molar-refractivity contribution in [2.45, 2.75) is 32.4 Å². The van der Waals surface area contributed by atoms with E-state index in [1.165, 1.54) is 18.4 Å². The number of ether oxygens (including phenoxy) is 1. The molecule has 1 heterocycles. The van der Waals surface area contributed by atoms with Gasteiger partial charge in [0.1, 0.15) is 12.4 Å². The summed E-state index contributed by atoms with van der Waals surface area (Å²) in [5.41, 5.74) is 1.28. The van der Waals surface area contributed by atoms with Crippen LogP contribution in [0.5, 0.6) is 5.75 Å². The number of rotatable bonds is 2. The van der Waals surface area contributed by atoms with Crippen molar-refractivity contribution in [2.24, 2.45) is 0 Å². The van der Waals surface area contributed by atoms with Gasteiger partial charge in [0.15, 0.2) is 0 Å². The molecule has 0 N–H and O–H groups in total. The third-order valence-corrected chi connectivity index (χ3v) is 3.45. The minimum atomic E-state index is 0.521. The Morgan fingerprint density at radius 1 is 1.47 bits per heavy atom. The zero-order valence-electron chi connectivity index (χ0n) is 9.15. The van der Waals surface area contributed by atoms with Crippen molar-refractivity contribution in [2.75, 3.05) is 6.61 Å². The molecule has 2 atom stereocenters. The van der Waals surface area contributed by atoms with Crippen molar-refractivity contribution in [1.82, 2.24) is 4.67 Å². The fraction of sp³-hybridized carbons (Fsp3) is 0.500. The van der Waals surface area contributed by atoms with Gasteiger partial charge in [-0.25, -0.2) is 0 Å². The topological polar surface area (TPSA) is 12.5 Å². The van der Waals surface area contributed by atoms with E-state index in [1.807, 2.05) is 6.07 Å². The standard InChI is InChI=1S/C12H18NOP/c1-2-5-11-9-14-12-7-4-3-6-10(12)8-13(11)15/h3-4,6-7,11H,2,5,8-9,15H2,1H3. The van der Waals surface area contributed by atoms with Crippen molar-refractivity contribution in [3.63, 3.8) is 0 Å². The molecule has 0 saturated carbocycles. The van der Waals surface area contributed by atoms with E-state index in [9.17, 15) is 0 Å². The Hall–Kier alpha value is -0.590. The maximum Gasteiger partial charge on any atom is 0.123 e. The van der Waals surface area contributed by atoms with Crippen LogP contribution in [0.1, 0.15) is 25.3 Å². The van der Waals surface area contributed by atoms with Crippen LogP contribution in [-0.2, 0) is 6.54 Å². The zero-order valence-corrected chi connectivity index (χ0v) is 10.3. The van der Waals surface area contributed by atoms with Crippen molar-refractivity contribution in [1.29, 1.82) is 0 Å². The van der Waals surface area contributed by atoms with E-state index in [0.717, 1.165) is 18.9 Å². The van der Waals surface area contributed by atoms with Crippen molar-refractivity contribution in [3.8, 4) is 5.75 Å². The van der Waals surface area contributed by atoms with Gasteiger partial charge in [-0.05, 0) is 12.5 Å². The molecule has 0 fully saturated rings. The summed E-state index contributed by atoms with van der Waals surface area (Å²) < 4.78 is 8.14. The summed E-state index contributed by atoms with van der Waals surface area (Å²) in [7, 11) is 2.83. The molecule has 1 aromatic rings. The molecule has 2 rings (SSSR count). The quantitative estimate of drug-likeness (QED) is 0.715. The van der Waals surface area contributed by atoms with Gasteiger partial charge in [-0.1, -0.05) is 40.9 Å². The zero-order chi connectivity index (χ0) is 10.7. The third-order valence-electron chi connectivity index (χ3n) is 2.85. The van der Waals surface area contributed by atoms with Crippen LogP contribution in [0.3, 0.4) is 0 Å². The van der Waals surface area contributed by atoms with Gasteiger partial charge >= 0.3 is 0 Å². The molecule has 2 unspecified atom stereocenters. The van der Waals surface area contributed by atoms with Gasteiger partial charge < -0.3 is 4.74 Å². The van der Waals surface area contributed by atoms with Crippen LogP contribution in [0.4, 0.5) is 0 Å². The molecule has 0 bridgehead atoms. The van der Waals surface area contributed by atoms with Crippen molar-refractivity contribution in [3.05, 3.63) is 29.8 Å². The van der Waals surface area contributed by atoms with Gasteiger partial charge in [-0.15, -0.1) is 0 Å². The summed E-state index contributed by atoms with van der Waals surface area (Å²) in [6.07, 6.45) is 2.40. The van der Waals surface area contributed by atoms with Crippen LogP contribution in [-0.4, -0.2) is 17.3 Å². The first kappa shape index (κ1) is 10.9. The molecule has 1 aliphatic rings. The van der Waals surface area contributed by atoms with E-state index in [1.54, 1.807) is 0 Å². The molecule has 0 saturated heterocycles. The lowest BCUT2D eigenvalue weighted by molar-refractivity contribution is 0.220. The predicted octanol–water partition coefficient (Wildman–Crippen LogP) is 2.84. The van der Waals surface area contributed by atoms with E-state index in [-0.39, 0.29) is 0 Å². The molecule has 82 valence electrons. The predicted molar refractivity (Wildman–Crippen MR) is 65.9 cm³/mol. The van der Waals surface area contributed by atoms with Crippen molar-refractivity contribution < 1.29 is 4.74 Å². The molecule has 0 aliphatic carbocycles. The van der Waals surface area contributed by atoms with Gasteiger partial charge in [0.05, 0.1) is 0 Å². The number of nitrogens with zero attached hydrogens (tertiary/aromatic N) is 1. The lowest BCUT2D eigenvalue weighted by Crippen LogP contribution is -2.29. The second-order valence-corrected chi connectivity index (χ2v) is 4.70. The first-order valence-electron chi connectivity index (χ1n) is 5.53. The fourth-order valence-corrected chi connectivity index (χ4v) is 2.40. The van der Waals surface area contributed by atoms with Crippen LogP contribution in [0, 0.1) is 0 Å². The van der Waals surface area contributed by atoms with Crippen LogP contribution in [0.15, 0.2) is 24.3 Å². The summed E-state index contributed by atoms with van der Waals surface area (Å²) in [4.78, 5) is 0. The number of para-hydroxylation sites is 1. The molecule has 2 nitrogen and oxygen atoms in total. The molecule has 0 radical (unpaired) electrons. The summed E-state index contributed by atoms with van der Waals surface area (Å²) in [5.74, 6) is 1.04. The second-order valence-electron chi connectivity index (χ2n) is 4.03. The average molecular weight is 223 g/mol. The van der Waals surface area contributed by atoms with Crippen LogP contribution >= 0.6 is 9.39 Å². The second kappa shape index (κ2) is 4.96. The molecule has 0 aromatic heterocycles. The lowest BCUT2D eigenvalue weighted by atomic mass is 10.1. The highest BCUT2D eigenvalue weighted by Gasteiger charge is 2.20. The number of benzene rings is 1. The van der Waals surface area contributed by atoms with Gasteiger partial charge in [-0.3, -0.25) is 4.67 Å². The van der Waals surface area contributed by atoms with E-state index < -0.39 is 0 Å². The molecule has 3 heteroatoms. The minimum absolute atomic E-state index is 0.521. The monoisotopic (exact) mass is 223 g/mol. The summed E-state index contributed by atoms with van der Waals surface area (Å²) in [6.45, 7) is 3.98. The molecular weight excluding hydrogens is 205 g/mol. The Morgan fingerprint density at radius 2 is 2.27 bits per heavy atom. The van der Waals surface area contributed by atoms with Crippen LogP contribution < -0.4 is 4.74 Å². The smallest absolute Gasteiger partial charge is 0.123 e. The lowest BCUT2D eigenvalue weighted by Gasteiger charge is -2.23. The first-order chi connectivity index (χ1) is 7.31. The molecule has 0 amide bonds. The van der Waals surface area contributed by atoms with Gasteiger partial charge in [-0.2, -0.15) is 0 Å². The molecule has 0 spiro atoms. The van der Waals surface area contributed by atoms with E-state index in [2.05, 4.69) is 39.2 Å². The third kappa shape index (κ3) is 2.50. The maximum absolute atomic E-state index is 5.83. The number of fused-ring (bicyclic) bond motifs is 1. The highest BCUT2D eigenvalue weighted by molar-refractivity contribution is 7.13. The van der Waals surface area contributed by atoms with Crippen LogP contribution in [0.25, 0.3) is 0 Å². The van der Waals surface area contributed by atoms with Gasteiger partial charge in [0.2, 0.25) is 0 Å². The minimum Gasteiger partial charge on any atom is -0.492 e. The Morgan fingerprint density at radius 3 is 3.07 bits per heavy atom. The van der Waals surface area contributed by atoms with Gasteiger partial charge in [0.25, 0.3) is 0 Å².